The fraction of sp³-hybridized carbons (Fsp3) is 0.526. The molecule has 144 valence electrons. The summed E-state index contributed by atoms with van der Waals surface area (Å²) in [7, 11) is 0. The maximum absolute atomic E-state index is 12.9. The number of amides is 2. The van der Waals surface area contributed by atoms with Crippen molar-refractivity contribution in [1.82, 2.24) is 15.4 Å². The molecule has 1 saturated heterocycles. The lowest BCUT2D eigenvalue weighted by atomic mass is 9.98. The van der Waals surface area contributed by atoms with E-state index in [0.29, 0.717) is 31.2 Å². The topological polar surface area (TPSA) is 84.7 Å². The lowest BCUT2D eigenvalue weighted by Crippen LogP contribution is -2.49. The second-order valence-corrected chi connectivity index (χ2v) is 8.02. The Morgan fingerprint density at radius 2 is 2.19 bits per heavy atom. The number of carbonyl (C=O) groups excluding carboxylic acids is 2. The van der Waals surface area contributed by atoms with Crippen molar-refractivity contribution in [2.75, 3.05) is 19.7 Å². The number of aromatic nitrogens is 1. The summed E-state index contributed by atoms with van der Waals surface area (Å²) in [6, 6.07) is 5.90. The number of hydrogen-bond donors (Lipinski definition) is 1. The summed E-state index contributed by atoms with van der Waals surface area (Å²) < 4.78 is 10.5. The molecule has 0 spiro atoms. The van der Waals surface area contributed by atoms with E-state index in [9.17, 15) is 9.59 Å². The lowest BCUT2D eigenvalue weighted by molar-refractivity contribution is -0.124. The molecule has 0 unspecified atom stereocenters. The third-order valence-electron chi connectivity index (χ3n) is 5.31. The Morgan fingerprint density at radius 1 is 1.41 bits per heavy atom. The number of thiophene rings is 1. The van der Waals surface area contributed by atoms with Crippen LogP contribution < -0.4 is 5.32 Å². The molecule has 1 N–H and O–H groups in total. The van der Waals surface area contributed by atoms with Crippen LogP contribution in [0.5, 0.6) is 0 Å². The first-order chi connectivity index (χ1) is 13.1. The monoisotopic (exact) mass is 389 g/mol. The maximum atomic E-state index is 12.9. The molecule has 1 aliphatic carbocycles. The van der Waals surface area contributed by atoms with Crippen LogP contribution in [0.2, 0.25) is 0 Å². The normalized spacial score (nSPS) is 18.9. The molecule has 2 fully saturated rings. The van der Waals surface area contributed by atoms with Gasteiger partial charge in [0.05, 0.1) is 22.6 Å². The van der Waals surface area contributed by atoms with Crippen LogP contribution in [0.3, 0.4) is 0 Å². The highest BCUT2D eigenvalue weighted by Crippen LogP contribution is 2.49. The average Bonchev–Trinajstić information content (AvgIpc) is 3.09. The van der Waals surface area contributed by atoms with E-state index in [1.807, 2.05) is 23.6 Å². The van der Waals surface area contributed by atoms with Crippen LogP contribution in [0.4, 0.5) is 4.79 Å². The van der Waals surface area contributed by atoms with Crippen molar-refractivity contribution in [2.24, 2.45) is 0 Å². The fourth-order valence-corrected chi connectivity index (χ4v) is 4.18. The number of ether oxygens (including phenoxy) is 1. The number of likely N-dealkylation sites (tertiary alicyclic amines) is 1. The summed E-state index contributed by atoms with van der Waals surface area (Å²) in [6.07, 6.45) is 2.78. The van der Waals surface area contributed by atoms with Crippen LogP contribution in [-0.2, 0) is 14.9 Å². The van der Waals surface area contributed by atoms with E-state index >= 15 is 0 Å². The number of hydrogen-bond acceptors (Lipinski definition) is 6. The van der Waals surface area contributed by atoms with E-state index in [-0.39, 0.29) is 18.0 Å². The fourth-order valence-electron chi connectivity index (χ4n) is 3.50. The molecule has 8 heteroatoms. The highest BCUT2D eigenvalue weighted by Gasteiger charge is 2.54. The van der Waals surface area contributed by atoms with Gasteiger partial charge in [0.2, 0.25) is 5.91 Å². The van der Waals surface area contributed by atoms with Crippen molar-refractivity contribution in [3.8, 4) is 10.6 Å². The van der Waals surface area contributed by atoms with Crippen LogP contribution in [-0.4, -0.2) is 47.8 Å². The minimum absolute atomic E-state index is 0.0168. The van der Waals surface area contributed by atoms with E-state index in [1.54, 1.807) is 23.2 Å². The Bertz CT molecular complexity index is 805. The summed E-state index contributed by atoms with van der Waals surface area (Å²) in [5, 5.41) is 9.32. The number of carbonyl (C=O) groups is 2. The van der Waals surface area contributed by atoms with Gasteiger partial charge in [-0.3, -0.25) is 4.79 Å². The zero-order valence-corrected chi connectivity index (χ0v) is 16.1. The second-order valence-electron chi connectivity index (χ2n) is 7.07. The molecule has 2 aromatic heterocycles. The van der Waals surface area contributed by atoms with E-state index in [2.05, 4.69) is 10.5 Å². The summed E-state index contributed by atoms with van der Waals surface area (Å²) in [6.45, 7) is 3.38. The zero-order chi connectivity index (χ0) is 18.9. The number of rotatable bonds is 5. The second kappa shape index (κ2) is 7.34. The standard InChI is InChI=1S/C19H23N3O4S/c1-2-25-18(24)22-9-5-13(6-10-22)20-17(23)19(7-8-19)16-12-14(26-21-16)15-4-3-11-27-15/h3-4,11-13H,2,5-10H2,1H3,(H,20,23). The van der Waals surface area contributed by atoms with Crippen molar-refractivity contribution >= 4 is 23.3 Å². The number of piperidine rings is 1. The van der Waals surface area contributed by atoms with Crippen LogP contribution >= 0.6 is 11.3 Å². The molecule has 0 atom stereocenters. The molecule has 0 bridgehead atoms. The molecule has 1 saturated carbocycles. The van der Waals surface area contributed by atoms with Crippen molar-refractivity contribution in [3.63, 3.8) is 0 Å². The first-order valence-electron chi connectivity index (χ1n) is 9.36. The molecule has 1 aliphatic heterocycles. The molecular formula is C19H23N3O4S. The van der Waals surface area contributed by atoms with Crippen molar-refractivity contribution in [1.29, 1.82) is 0 Å². The van der Waals surface area contributed by atoms with Gasteiger partial charge in [0.1, 0.15) is 0 Å². The molecule has 2 aromatic rings. The third-order valence-corrected chi connectivity index (χ3v) is 6.19. The van der Waals surface area contributed by atoms with Crippen molar-refractivity contribution in [2.45, 2.75) is 44.1 Å². The average molecular weight is 389 g/mol. The third kappa shape index (κ3) is 3.58. The molecule has 2 aliphatic rings. The molecule has 7 nitrogen and oxygen atoms in total. The molecule has 0 aromatic carbocycles. The SMILES string of the molecule is CCOC(=O)N1CCC(NC(=O)C2(c3cc(-c4cccs4)on3)CC2)CC1. The van der Waals surface area contributed by atoms with Gasteiger partial charge >= 0.3 is 6.09 Å². The van der Waals surface area contributed by atoms with Crippen LogP contribution in [0.1, 0.15) is 38.3 Å². The van der Waals surface area contributed by atoms with Gasteiger partial charge in [-0.1, -0.05) is 11.2 Å². The van der Waals surface area contributed by atoms with Gasteiger partial charge in [-0.15, -0.1) is 11.3 Å². The summed E-state index contributed by atoms with van der Waals surface area (Å²) in [5.74, 6) is 0.727. The minimum Gasteiger partial charge on any atom is -0.450 e. The molecule has 4 rings (SSSR count). The van der Waals surface area contributed by atoms with Gasteiger partial charge in [-0.2, -0.15) is 0 Å². The summed E-state index contributed by atoms with van der Waals surface area (Å²) in [4.78, 5) is 27.4. The Hall–Kier alpha value is -2.35. The molecule has 2 amide bonds. The van der Waals surface area contributed by atoms with Gasteiger partial charge in [0.15, 0.2) is 5.76 Å². The predicted octanol–water partition coefficient (Wildman–Crippen LogP) is 3.17. The number of nitrogens with zero attached hydrogens (tertiary/aromatic N) is 2. The quantitative estimate of drug-likeness (QED) is 0.849. The van der Waals surface area contributed by atoms with Gasteiger partial charge in [-0.05, 0) is 44.1 Å². The van der Waals surface area contributed by atoms with Gasteiger partial charge < -0.3 is 19.5 Å². The largest absolute Gasteiger partial charge is 0.450 e. The highest BCUT2D eigenvalue weighted by atomic mass is 32.1. The first kappa shape index (κ1) is 18.0. The Morgan fingerprint density at radius 3 is 2.81 bits per heavy atom. The lowest BCUT2D eigenvalue weighted by Gasteiger charge is -2.32. The van der Waals surface area contributed by atoms with Crippen LogP contribution in [0.25, 0.3) is 10.6 Å². The Balaban J connectivity index is 1.36. The van der Waals surface area contributed by atoms with Crippen molar-refractivity contribution < 1.29 is 18.8 Å². The summed E-state index contributed by atoms with van der Waals surface area (Å²) in [5.41, 5.74) is 0.157. The van der Waals surface area contributed by atoms with E-state index < -0.39 is 5.41 Å². The number of nitrogens with one attached hydrogen (secondary N) is 1. The highest BCUT2D eigenvalue weighted by molar-refractivity contribution is 7.13. The molecule has 0 radical (unpaired) electrons. The summed E-state index contributed by atoms with van der Waals surface area (Å²) >= 11 is 1.59. The van der Waals surface area contributed by atoms with Gasteiger partial charge in [0.25, 0.3) is 0 Å². The van der Waals surface area contributed by atoms with Gasteiger partial charge in [0, 0.05) is 25.2 Å². The van der Waals surface area contributed by atoms with E-state index in [1.165, 1.54) is 0 Å². The van der Waals surface area contributed by atoms with Crippen LogP contribution in [0.15, 0.2) is 28.1 Å². The smallest absolute Gasteiger partial charge is 0.409 e. The molecular weight excluding hydrogens is 366 g/mol. The zero-order valence-electron chi connectivity index (χ0n) is 15.3. The van der Waals surface area contributed by atoms with E-state index in [0.717, 1.165) is 30.6 Å². The minimum atomic E-state index is -0.558. The van der Waals surface area contributed by atoms with Crippen molar-refractivity contribution in [3.05, 3.63) is 29.3 Å². The Kier molecular flexibility index (Phi) is 4.90. The Labute approximate surface area is 161 Å². The van der Waals surface area contributed by atoms with Gasteiger partial charge in [-0.25, -0.2) is 4.79 Å². The predicted molar refractivity (Wildman–Crippen MR) is 100 cm³/mol. The maximum Gasteiger partial charge on any atom is 0.409 e. The molecule has 27 heavy (non-hydrogen) atoms. The van der Waals surface area contributed by atoms with E-state index in [4.69, 9.17) is 9.26 Å². The molecule has 3 heterocycles. The first-order valence-corrected chi connectivity index (χ1v) is 10.2. The van der Waals surface area contributed by atoms with Crippen LogP contribution in [0, 0.1) is 0 Å².